The van der Waals surface area contributed by atoms with Gasteiger partial charge in [-0.25, -0.2) is 29.9 Å². The third-order valence-electron chi connectivity index (χ3n) is 2.10. The molecule has 0 fully saturated rings. The third kappa shape index (κ3) is 1.10. The van der Waals surface area contributed by atoms with Crippen LogP contribution in [0.2, 0.25) is 0 Å². The van der Waals surface area contributed by atoms with E-state index >= 15 is 0 Å². The molecule has 0 spiro atoms. The lowest BCUT2D eigenvalue weighted by atomic mass is 10.4. The van der Waals surface area contributed by atoms with Gasteiger partial charge in [-0.1, -0.05) is 0 Å². The molecule has 16 heavy (non-hydrogen) atoms. The highest BCUT2D eigenvalue weighted by molar-refractivity contribution is 5.91. The monoisotopic (exact) mass is 214 g/mol. The molecule has 0 unspecified atom stereocenters. The van der Waals surface area contributed by atoms with E-state index in [1.807, 2.05) is 0 Å². The number of nitrogen functional groups attached to an aromatic ring is 2. The highest BCUT2D eigenvalue weighted by atomic mass is 15.1. The number of rotatable bonds is 0. The average Bonchev–Trinajstić information content (AvgIpc) is 2.28. The standard InChI is InChI=1S/C8H6N8/c9-5-3-7(13-1-11-5)16-8-4(15-3)6(10)12-2-14-8/h1-2H,(H4,9,10,11,12,13,14,16). The van der Waals surface area contributed by atoms with E-state index in [0.717, 1.165) is 0 Å². The molecule has 0 aliphatic rings. The summed E-state index contributed by atoms with van der Waals surface area (Å²) in [7, 11) is 0. The predicted octanol–water partition coefficient (Wildman–Crippen LogP) is -0.473. The van der Waals surface area contributed by atoms with Gasteiger partial charge in [0, 0.05) is 0 Å². The molecule has 0 bridgehead atoms. The Morgan fingerprint density at radius 2 is 1.19 bits per heavy atom. The summed E-state index contributed by atoms with van der Waals surface area (Å²) in [6, 6.07) is 0. The van der Waals surface area contributed by atoms with Crippen molar-refractivity contribution in [3.05, 3.63) is 12.7 Å². The first-order chi connectivity index (χ1) is 7.75. The molecule has 3 rings (SSSR count). The maximum absolute atomic E-state index is 5.66. The van der Waals surface area contributed by atoms with E-state index in [4.69, 9.17) is 11.5 Å². The number of fused-ring (bicyclic) bond motifs is 2. The Morgan fingerprint density at radius 3 is 1.69 bits per heavy atom. The van der Waals surface area contributed by atoms with Crippen LogP contribution in [-0.4, -0.2) is 29.9 Å². The zero-order chi connectivity index (χ0) is 11.1. The SMILES string of the molecule is Nc1ncnc2nc3ncnc(N)c3nc12. The second-order valence-electron chi connectivity index (χ2n) is 3.09. The van der Waals surface area contributed by atoms with E-state index in [1.54, 1.807) is 0 Å². The van der Waals surface area contributed by atoms with Crippen LogP contribution in [0.25, 0.3) is 22.3 Å². The number of hydrogen-bond acceptors (Lipinski definition) is 8. The number of anilines is 2. The van der Waals surface area contributed by atoms with Crippen LogP contribution >= 0.6 is 0 Å². The van der Waals surface area contributed by atoms with E-state index in [9.17, 15) is 0 Å². The normalized spacial score (nSPS) is 11.0. The summed E-state index contributed by atoms with van der Waals surface area (Å²) in [6.07, 6.45) is 2.64. The lowest BCUT2D eigenvalue weighted by molar-refractivity contribution is 1.14. The largest absolute Gasteiger partial charge is 0.382 e. The van der Waals surface area contributed by atoms with Crippen molar-refractivity contribution >= 4 is 34.0 Å². The number of hydrogen-bond donors (Lipinski definition) is 2. The first-order valence-electron chi connectivity index (χ1n) is 4.40. The van der Waals surface area contributed by atoms with Crippen molar-refractivity contribution in [2.24, 2.45) is 0 Å². The van der Waals surface area contributed by atoms with Gasteiger partial charge in [0.05, 0.1) is 0 Å². The summed E-state index contributed by atoms with van der Waals surface area (Å²) in [5, 5.41) is 0. The van der Waals surface area contributed by atoms with Crippen LogP contribution in [0.15, 0.2) is 12.7 Å². The van der Waals surface area contributed by atoms with Crippen molar-refractivity contribution < 1.29 is 0 Å². The van der Waals surface area contributed by atoms with E-state index < -0.39 is 0 Å². The molecule has 4 N–H and O–H groups in total. The minimum absolute atomic E-state index is 0.252. The molecule has 0 amide bonds. The van der Waals surface area contributed by atoms with E-state index in [-0.39, 0.29) is 11.6 Å². The minimum Gasteiger partial charge on any atom is -0.382 e. The fourth-order valence-electron chi connectivity index (χ4n) is 1.36. The Kier molecular flexibility index (Phi) is 1.58. The van der Waals surface area contributed by atoms with Crippen LogP contribution in [0.3, 0.4) is 0 Å². The van der Waals surface area contributed by atoms with E-state index in [2.05, 4.69) is 29.9 Å². The molecule has 78 valence electrons. The molecule has 0 atom stereocenters. The van der Waals surface area contributed by atoms with Gasteiger partial charge in [-0.3, -0.25) is 0 Å². The summed E-state index contributed by atoms with van der Waals surface area (Å²) in [5.41, 5.74) is 12.9. The van der Waals surface area contributed by atoms with Crippen molar-refractivity contribution in [2.45, 2.75) is 0 Å². The highest BCUT2D eigenvalue weighted by Crippen LogP contribution is 2.18. The first-order valence-corrected chi connectivity index (χ1v) is 4.40. The van der Waals surface area contributed by atoms with Crippen molar-refractivity contribution in [1.82, 2.24) is 29.9 Å². The van der Waals surface area contributed by atoms with Crippen LogP contribution in [0.1, 0.15) is 0 Å². The Morgan fingerprint density at radius 1 is 0.688 bits per heavy atom. The van der Waals surface area contributed by atoms with Gasteiger partial charge in [-0.2, -0.15) is 0 Å². The van der Waals surface area contributed by atoms with Gasteiger partial charge in [0.2, 0.25) is 0 Å². The van der Waals surface area contributed by atoms with Crippen molar-refractivity contribution in [1.29, 1.82) is 0 Å². The van der Waals surface area contributed by atoms with Gasteiger partial charge in [-0.05, 0) is 0 Å². The molecule has 0 saturated carbocycles. The summed E-state index contributed by atoms with van der Waals surface area (Å²) in [5.74, 6) is 0.505. The lowest BCUT2D eigenvalue weighted by Gasteiger charge is -2.01. The fraction of sp³-hybridized carbons (Fsp3) is 0. The van der Waals surface area contributed by atoms with E-state index in [1.165, 1.54) is 12.7 Å². The van der Waals surface area contributed by atoms with Gasteiger partial charge < -0.3 is 11.5 Å². The summed E-state index contributed by atoms with van der Waals surface area (Å²) in [6.45, 7) is 0. The average molecular weight is 214 g/mol. The number of nitrogens with two attached hydrogens (primary N) is 2. The molecular formula is C8H6N8. The zero-order valence-electron chi connectivity index (χ0n) is 7.99. The Hall–Kier alpha value is -2.64. The van der Waals surface area contributed by atoms with Crippen LogP contribution < -0.4 is 11.5 Å². The van der Waals surface area contributed by atoms with Crippen LogP contribution in [0, 0.1) is 0 Å². The van der Waals surface area contributed by atoms with Gasteiger partial charge >= 0.3 is 0 Å². The molecule has 3 aromatic heterocycles. The smallest absolute Gasteiger partial charge is 0.185 e. The van der Waals surface area contributed by atoms with Crippen molar-refractivity contribution in [3.8, 4) is 0 Å². The van der Waals surface area contributed by atoms with Crippen LogP contribution in [-0.2, 0) is 0 Å². The van der Waals surface area contributed by atoms with Gasteiger partial charge in [0.15, 0.2) is 34.0 Å². The third-order valence-corrected chi connectivity index (χ3v) is 2.10. The van der Waals surface area contributed by atoms with Crippen molar-refractivity contribution in [3.63, 3.8) is 0 Å². The molecule has 3 aromatic rings. The van der Waals surface area contributed by atoms with Crippen LogP contribution in [0.5, 0.6) is 0 Å². The number of nitrogens with zero attached hydrogens (tertiary/aromatic N) is 6. The van der Waals surface area contributed by atoms with Gasteiger partial charge in [-0.15, -0.1) is 0 Å². The second kappa shape index (κ2) is 2.92. The topological polar surface area (TPSA) is 129 Å². The van der Waals surface area contributed by atoms with E-state index in [0.29, 0.717) is 22.3 Å². The Bertz CT molecular complexity index is 637. The molecule has 0 aliphatic heterocycles. The molecule has 8 nitrogen and oxygen atoms in total. The minimum atomic E-state index is 0.252. The molecule has 3 heterocycles. The van der Waals surface area contributed by atoms with Crippen LogP contribution in [0.4, 0.5) is 11.6 Å². The molecule has 0 radical (unpaired) electrons. The first kappa shape index (κ1) is 8.65. The number of aromatic nitrogens is 6. The molecule has 0 saturated heterocycles. The Balaban J connectivity index is 2.55. The summed E-state index contributed by atoms with van der Waals surface area (Å²) >= 11 is 0. The highest BCUT2D eigenvalue weighted by Gasteiger charge is 2.09. The lowest BCUT2D eigenvalue weighted by Crippen LogP contribution is -2.01. The van der Waals surface area contributed by atoms with Crippen molar-refractivity contribution in [2.75, 3.05) is 11.5 Å². The summed E-state index contributed by atoms with van der Waals surface area (Å²) in [4.78, 5) is 24.0. The second-order valence-corrected chi connectivity index (χ2v) is 3.09. The Labute approximate surface area is 88.8 Å². The molecule has 0 aromatic carbocycles. The van der Waals surface area contributed by atoms with Gasteiger partial charge in [0.25, 0.3) is 0 Å². The molecule has 0 aliphatic carbocycles. The van der Waals surface area contributed by atoms with Gasteiger partial charge in [0.1, 0.15) is 12.7 Å². The maximum Gasteiger partial charge on any atom is 0.185 e. The predicted molar refractivity (Wildman–Crippen MR) is 57.0 cm³/mol. The summed E-state index contributed by atoms with van der Waals surface area (Å²) < 4.78 is 0. The fourth-order valence-corrected chi connectivity index (χ4v) is 1.36. The molecular weight excluding hydrogens is 208 g/mol. The zero-order valence-corrected chi connectivity index (χ0v) is 7.99. The molecule has 8 heteroatoms. The quantitative estimate of drug-likeness (QED) is 0.480. The maximum atomic E-state index is 5.66.